The smallest absolute Gasteiger partial charge is 0.308 e. The fourth-order valence-corrected chi connectivity index (χ4v) is 7.16. The van der Waals surface area contributed by atoms with Crippen molar-refractivity contribution in [1.82, 2.24) is 4.98 Å². The molecular formula is C38H62N2O6. The number of ketones is 2. The van der Waals surface area contributed by atoms with Crippen LogP contribution in [0.5, 0.6) is 0 Å². The van der Waals surface area contributed by atoms with Crippen LogP contribution in [0.15, 0.2) is 23.3 Å². The summed E-state index contributed by atoms with van der Waals surface area (Å²) in [5.41, 5.74) is -2.66. The maximum atomic E-state index is 14.4. The first-order valence-corrected chi connectivity index (χ1v) is 18.3. The second-order valence-electron chi connectivity index (χ2n) is 13.7. The van der Waals surface area contributed by atoms with Crippen molar-refractivity contribution in [3.63, 3.8) is 0 Å². The van der Waals surface area contributed by atoms with Crippen LogP contribution in [0, 0.1) is 17.3 Å². The van der Waals surface area contributed by atoms with Gasteiger partial charge in [0.1, 0.15) is 5.41 Å². The number of aromatic nitrogens is 1. The van der Waals surface area contributed by atoms with Crippen LogP contribution in [0.4, 0.5) is 0 Å². The van der Waals surface area contributed by atoms with E-state index < -0.39 is 34.7 Å². The number of aromatic amines is 1. The van der Waals surface area contributed by atoms with Crippen molar-refractivity contribution < 1.29 is 29.4 Å². The summed E-state index contributed by atoms with van der Waals surface area (Å²) in [6.07, 6.45) is 21.4. The molecule has 1 aliphatic rings. The summed E-state index contributed by atoms with van der Waals surface area (Å²) in [6.45, 7) is 7.30. The van der Waals surface area contributed by atoms with Crippen LogP contribution in [-0.2, 0) is 19.2 Å². The van der Waals surface area contributed by atoms with Crippen molar-refractivity contribution in [3.8, 4) is 0 Å². The summed E-state index contributed by atoms with van der Waals surface area (Å²) in [4.78, 5) is 61.7. The van der Waals surface area contributed by atoms with E-state index in [0.29, 0.717) is 18.5 Å². The fraction of sp³-hybridized carbons (Fsp3) is 0.763. The van der Waals surface area contributed by atoms with Crippen molar-refractivity contribution in [2.24, 2.45) is 22.2 Å². The predicted molar refractivity (Wildman–Crippen MR) is 184 cm³/mol. The summed E-state index contributed by atoms with van der Waals surface area (Å²) in [7, 11) is 0. The minimum absolute atomic E-state index is 0.179. The predicted octanol–water partition coefficient (Wildman–Crippen LogP) is 9.35. The van der Waals surface area contributed by atoms with Crippen molar-refractivity contribution in [2.75, 3.05) is 0 Å². The van der Waals surface area contributed by atoms with Crippen molar-refractivity contribution in [1.29, 1.82) is 0 Å². The largest absolute Gasteiger partial charge is 0.481 e. The lowest BCUT2D eigenvalue weighted by molar-refractivity contribution is -0.152. The maximum absolute atomic E-state index is 14.4. The SMILES string of the molecule is CCCCCCCCCCCC(=O)C1(C(=O)CCCCCCCCCCC)CC(C(C)C(=O)O)(C(C)C(=O)O)N=C1c1ccc[nH]1. The summed E-state index contributed by atoms with van der Waals surface area (Å²) in [5, 5.41) is 20.3. The molecule has 0 spiro atoms. The molecule has 0 saturated carbocycles. The number of aliphatic carboxylic acids is 2. The van der Waals surface area contributed by atoms with Gasteiger partial charge in [-0.3, -0.25) is 24.2 Å². The topological polar surface area (TPSA) is 137 Å². The first kappa shape index (κ1) is 39.4. The third-order valence-electron chi connectivity index (χ3n) is 10.3. The van der Waals surface area contributed by atoms with Gasteiger partial charge >= 0.3 is 11.9 Å². The molecule has 8 heteroatoms. The molecule has 0 aliphatic carbocycles. The molecule has 2 heterocycles. The Morgan fingerprint density at radius 3 is 1.43 bits per heavy atom. The molecule has 3 N–H and O–H groups in total. The molecule has 260 valence electrons. The van der Waals surface area contributed by atoms with Gasteiger partial charge in [-0.25, -0.2) is 0 Å². The van der Waals surface area contributed by atoms with E-state index in [9.17, 15) is 29.4 Å². The van der Waals surface area contributed by atoms with Gasteiger partial charge in [0.2, 0.25) is 0 Å². The second kappa shape index (κ2) is 20.5. The molecule has 1 aliphatic heterocycles. The highest BCUT2D eigenvalue weighted by Gasteiger charge is 2.64. The van der Waals surface area contributed by atoms with Crippen LogP contribution in [0.1, 0.15) is 168 Å². The summed E-state index contributed by atoms with van der Waals surface area (Å²) >= 11 is 0. The Morgan fingerprint density at radius 1 is 0.696 bits per heavy atom. The third-order valence-corrected chi connectivity index (χ3v) is 10.3. The van der Waals surface area contributed by atoms with Crippen LogP contribution in [-0.4, -0.2) is 50.0 Å². The Labute approximate surface area is 277 Å². The van der Waals surface area contributed by atoms with Gasteiger partial charge in [0.15, 0.2) is 11.6 Å². The Bertz CT molecular complexity index is 1050. The Kier molecular flexibility index (Phi) is 17.5. The third kappa shape index (κ3) is 10.6. The molecule has 0 saturated heterocycles. The van der Waals surface area contributed by atoms with Gasteiger partial charge in [-0.15, -0.1) is 0 Å². The van der Waals surface area contributed by atoms with Gasteiger partial charge < -0.3 is 15.2 Å². The number of rotatable bonds is 27. The van der Waals surface area contributed by atoms with Crippen LogP contribution in [0.25, 0.3) is 0 Å². The average molecular weight is 643 g/mol. The highest BCUT2D eigenvalue weighted by atomic mass is 16.4. The van der Waals surface area contributed by atoms with Crippen molar-refractivity contribution >= 4 is 29.2 Å². The number of carbonyl (C=O) groups is 4. The van der Waals surface area contributed by atoms with E-state index in [1.54, 1.807) is 18.3 Å². The molecule has 0 radical (unpaired) electrons. The van der Waals surface area contributed by atoms with Gasteiger partial charge in [0.05, 0.1) is 28.8 Å². The maximum Gasteiger partial charge on any atom is 0.308 e. The molecule has 2 atom stereocenters. The van der Waals surface area contributed by atoms with Gasteiger partial charge in [0, 0.05) is 19.0 Å². The molecule has 0 fully saturated rings. The van der Waals surface area contributed by atoms with Crippen LogP contribution in [0.3, 0.4) is 0 Å². The van der Waals surface area contributed by atoms with Crippen LogP contribution in [0.2, 0.25) is 0 Å². The minimum Gasteiger partial charge on any atom is -0.481 e. The number of aliphatic imine (C=N–C) groups is 1. The first-order chi connectivity index (χ1) is 22.1. The normalized spacial score (nSPS) is 18.7. The van der Waals surface area contributed by atoms with E-state index in [-0.39, 0.29) is 36.5 Å². The fourth-order valence-electron chi connectivity index (χ4n) is 7.16. The van der Waals surface area contributed by atoms with E-state index in [1.165, 1.54) is 78.1 Å². The standard InChI is InChI=1S/C38H62N2O6/c1-5-7-9-11-13-15-17-19-21-25-32(41)37(33(42)26-22-20-18-16-14-12-10-8-6-2)28-38(29(3)35(43)44,30(4)36(45)46)40-34(37)31-24-23-27-39-31/h23-24,27,29-30,39H,5-22,25-26,28H2,1-4H3,(H,43,44)(H,45,46). The van der Waals surface area contributed by atoms with E-state index in [0.717, 1.165) is 38.5 Å². The summed E-state index contributed by atoms with van der Waals surface area (Å²) in [6, 6.07) is 3.48. The monoisotopic (exact) mass is 642 g/mol. The Hall–Kier alpha value is -2.77. The summed E-state index contributed by atoms with van der Waals surface area (Å²) in [5.74, 6) is -5.35. The number of unbranched alkanes of at least 4 members (excludes halogenated alkanes) is 16. The van der Waals surface area contributed by atoms with Crippen LogP contribution >= 0.6 is 0 Å². The molecule has 2 unspecified atom stereocenters. The lowest BCUT2D eigenvalue weighted by Crippen LogP contribution is -2.51. The molecule has 1 aromatic heterocycles. The Balaban J connectivity index is 2.32. The summed E-state index contributed by atoms with van der Waals surface area (Å²) < 4.78 is 0. The number of hydrogen-bond acceptors (Lipinski definition) is 5. The van der Waals surface area contributed by atoms with Crippen molar-refractivity contribution in [3.05, 3.63) is 24.0 Å². The lowest BCUT2D eigenvalue weighted by Gasteiger charge is -2.37. The molecule has 2 rings (SSSR count). The number of carboxylic acid groups (broad SMARTS) is 2. The van der Waals surface area contributed by atoms with Gasteiger partial charge in [-0.1, -0.05) is 117 Å². The highest BCUT2D eigenvalue weighted by molar-refractivity contribution is 6.31. The van der Waals surface area contributed by atoms with Gasteiger partial charge in [-0.2, -0.15) is 0 Å². The molecular weight excluding hydrogens is 580 g/mol. The van der Waals surface area contributed by atoms with E-state index in [1.807, 2.05) is 0 Å². The quantitative estimate of drug-likeness (QED) is 0.0646. The highest BCUT2D eigenvalue weighted by Crippen LogP contribution is 2.51. The first-order valence-electron chi connectivity index (χ1n) is 18.3. The molecule has 1 aromatic rings. The number of nitrogens with one attached hydrogen (secondary N) is 1. The van der Waals surface area contributed by atoms with E-state index in [4.69, 9.17) is 4.99 Å². The van der Waals surface area contributed by atoms with Crippen LogP contribution < -0.4 is 0 Å². The number of H-pyrrole nitrogens is 1. The zero-order valence-electron chi connectivity index (χ0n) is 29.2. The van der Waals surface area contributed by atoms with E-state index in [2.05, 4.69) is 18.8 Å². The van der Waals surface area contributed by atoms with Gasteiger partial charge in [-0.05, 0) is 45.2 Å². The average Bonchev–Trinajstić information content (AvgIpc) is 3.70. The zero-order chi connectivity index (χ0) is 34.0. The van der Waals surface area contributed by atoms with Gasteiger partial charge in [0.25, 0.3) is 0 Å². The molecule has 46 heavy (non-hydrogen) atoms. The molecule has 0 aromatic carbocycles. The second-order valence-corrected chi connectivity index (χ2v) is 13.7. The lowest BCUT2D eigenvalue weighted by atomic mass is 9.62. The molecule has 8 nitrogen and oxygen atoms in total. The Morgan fingerprint density at radius 2 is 1.09 bits per heavy atom. The number of hydrogen-bond donors (Lipinski definition) is 3. The number of carbonyl (C=O) groups excluding carboxylic acids is 2. The minimum atomic E-state index is -1.68. The number of Topliss-reactive ketones (excluding diaryl/α,β-unsaturated/α-hetero) is 2. The van der Waals surface area contributed by atoms with E-state index >= 15 is 0 Å². The zero-order valence-corrected chi connectivity index (χ0v) is 29.2. The number of carboxylic acids is 2. The molecule has 0 amide bonds. The van der Waals surface area contributed by atoms with Crippen molar-refractivity contribution in [2.45, 2.75) is 168 Å². The molecule has 0 bridgehead atoms. The number of nitrogens with zero attached hydrogens (tertiary/aromatic N) is 1.